The van der Waals surface area contributed by atoms with Crippen LogP contribution in [0.3, 0.4) is 0 Å². The lowest BCUT2D eigenvalue weighted by Gasteiger charge is -2.27. The number of rotatable bonds is 6. The fourth-order valence-corrected chi connectivity index (χ4v) is 6.83. The van der Waals surface area contributed by atoms with Gasteiger partial charge in [0.05, 0.1) is 28.6 Å². The molecular formula is C42H29N5. The first-order valence-corrected chi connectivity index (χ1v) is 15.8. The number of aromatic nitrogens is 4. The molecule has 0 unspecified atom stereocenters. The lowest BCUT2D eigenvalue weighted by molar-refractivity contribution is 1.06. The van der Waals surface area contributed by atoms with E-state index in [1.807, 2.05) is 30.7 Å². The van der Waals surface area contributed by atoms with Gasteiger partial charge in [0.15, 0.2) is 0 Å². The van der Waals surface area contributed by atoms with E-state index in [9.17, 15) is 0 Å². The maximum Gasteiger partial charge on any atom is 0.131 e. The molecular weight excluding hydrogens is 574 g/mol. The fourth-order valence-electron chi connectivity index (χ4n) is 6.83. The Morgan fingerprint density at radius 2 is 1.11 bits per heavy atom. The molecule has 0 N–H and O–H groups in total. The summed E-state index contributed by atoms with van der Waals surface area (Å²) < 4.78 is 4.75. The second-order valence-electron chi connectivity index (χ2n) is 11.6. The van der Waals surface area contributed by atoms with Crippen molar-refractivity contribution >= 4 is 49.9 Å². The quantitative estimate of drug-likeness (QED) is 0.190. The summed E-state index contributed by atoms with van der Waals surface area (Å²) >= 11 is 0. The van der Waals surface area contributed by atoms with Crippen LogP contribution in [-0.2, 0) is 0 Å². The molecule has 222 valence electrons. The van der Waals surface area contributed by atoms with Crippen LogP contribution in [0, 0.1) is 0 Å². The van der Waals surface area contributed by atoms with Crippen molar-refractivity contribution in [3.63, 3.8) is 0 Å². The molecule has 47 heavy (non-hydrogen) atoms. The second-order valence-corrected chi connectivity index (χ2v) is 11.6. The molecule has 0 bridgehead atoms. The highest BCUT2D eigenvalue weighted by Gasteiger charge is 2.23. The Balaban J connectivity index is 1.42. The van der Waals surface area contributed by atoms with E-state index in [0.29, 0.717) is 0 Å². The van der Waals surface area contributed by atoms with E-state index >= 15 is 0 Å². The third-order valence-corrected chi connectivity index (χ3v) is 8.79. The molecule has 0 saturated carbocycles. The first-order chi connectivity index (χ1) is 23.3. The number of para-hydroxylation sites is 4. The first-order valence-electron chi connectivity index (χ1n) is 15.8. The molecule has 0 amide bonds. The molecule has 0 atom stereocenters. The average molecular weight is 604 g/mol. The van der Waals surface area contributed by atoms with Crippen molar-refractivity contribution in [2.24, 2.45) is 0 Å². The number of benzene rings is 5. The largest absolute Gasteiger partial charge is 0.310 e. The molecule has 0 aliphatic rings. The lowest BCUT2D eigenvalue weighted by Crippen LogP contribution is -2.11. The molecule has 0 saturated heterocycles. The maximum atomic E-state index is 4.80. The molecule has 0 aliphatic heterocycles. The Bertz CT molecular complexity index is 2460. The molecule has 0 spiro atoms. The Morgan fingerprint density at radius 3 is 1.83 bits per heavy atom. The Morgan fingerprint density at radius 1 is 0.468 bits per heavy atom. The average Bonchev–Trinajstić information content (AvgIpc) is 3.66. The third kappa shape index (κ3) is 4.48. The number of hydrogen-bond donors (Lipinski definition) is 0. The van der Waals surface area contributed by atoms with Crippen LogP contribution in [0.1, 0.15) is 0 Å². The van der Waals surface area contributed by atoms with Gasteiger partial charge in [-0.05, 0) is 78.9 Å². The zero-order valence-electron chi connectivity index (χ0n) is 25.5. The fraction of sp³-hybridized carbons (Fsp3) is 0. The molecule has 4 heterocycles. The van der Waals surface area contributed by atoms with Gasteiger partial charge >= 0.3 is 0 Å². The van der Waals surface area contributed by atoms with Crippen LogP contribution in [0.15, 0.2) is 176 Å². The highest BCUT2D eigenvalue weighted by molar-refractivity contribution is 6.22. The van der Waals surface area contributed by atoms with Crippen LogP contribution >= 0.6 is 0 Å². The predicted octanol–water partition coefficient (Wildman–Crippen LogP) is 10.7. The van der Waals surface area contributed by atoms with Crippen LogP contribution in [-0.4, -0.2) is 19.1 Å². The maximum absolute atomic E-state index is 4.80. The molecule has 9 rings (SSSR count). The van der Waals surface area contributed by atoms with Crippen molar-refractivity contribution in [3.05, 3.63) is 176 Å². The van der Waals surface area contributed by atoms with Crippen molar-refractivity contribution in [1.82, 2.24) is 19.1 Å². The van der Waals surface area contributed by atoms with Crippen LogP contribution in [0.2, 0.25) is 0 Å². The van der Waals surface area contributed by atoms with Crippen molar-refractivity contribution in [2.75, 3.05) is 4.90 Å². The summed E-state index contributed by atoms with van der Waals surface area (Å²) in [5.74, 6) is 0. The van der Waals surface area contributed by atoms with E-state index in [1.165, 1.54) is 10.8 Å². The van der Waals surface area contributed by atoms with Crippen LogP contribution in [0.25, 0.3) is 55.5 Å². The van der Waals surface area contributed by atoms with Crippen molar-refractivity contribution in [1.29, 1.82) is 0 Å². The second kappa shape index (κ2) is 11.2. The predicted molar refractivity (Wildman–Crippen MR) is 193 cm³/mol. The molecule has 5 nitrogen and oxygen atoms in total. The molecule has 5 aromatic carbocycles. The van der Waals surface area contributed by atoms with Crippen LogP contribution < -0.4 is 4.90 Å². The highest BCUT2D eigenvalue weighted by atomic mass is 15.2. The Hall–Kier alpha value is -6.46. The minimum absolute atomic E-state index is 0.908. The summed E-state index contributed by atoms with van der Waals surface area (Å²) in [4.78, 5) is 11.7. The van der Waals surface area contributed by atoms with Crippen molar-refractivity contribution in [2.45, 2.75) is 0 Å². The summed E-state index contributed by atoms with van der Waals surface area (Å²) in [6.45, 7) is 0. The van der Waals surface area contributed by atoms with E-state index in [2.05, 4.69) is 165 Å². The summed E-state index contributed by atoms with van der Waals surface area (Å²) in [5, 5.41) is 3.57. The number of pyridine rings is 2. The van der Waals surface area contributed by atoms with E-state index in [4.69, 9.17) is 4.98 Å². The van der Waals surface area contributed by atoms with Crippen molar-refractivity contribution in [3.8, 4) is 22.6 Å². The molecule has 4 aromatic heterocycles. The minimum Gasteiger partial charge on any atom is -0.310 e. The molecule has 0 fully saturated rings. The number of hydrogen-bond acceptors (Lipinski definition) is 3. The monoisotopic (exact) mass is 603 g/mol. The zero-order valence-corrected chi connectivity index (χ0v) is 25.5. The van der Waals surface area contributed by atoms with Gasteiger partial charge in [-0.25, -0.2) is 0 Å². The minimum atomic E-state index is 0.908. The van der Waals surface area contributed by atoms with Gasteiger partial charge in [-0.15, -0.1) is 0 Å². The van der Waals surface area contributed by atoms with Gasteiger partial charge in [0, 0.05) is 56.9 Å². The molecule has 9 aromatic rings. The molecule has 0 aliphatic carbocycles. The first kappa shape index (κ1) is 26.9. The van der Waals surface area contributed by atoms with Crippen molar-refractivity contribution < 1.29 is 0 Å². The smallest absolute Gasteiger partial charge is 0.131 e. The molecule has 0 radical (unpaired) electrons. The van der Waals surface area contributed by atoms with E-state index < -0.39 is 0 Å². The van der Waals surface area contributed by atoms with E-state index in [0.717, 1.165) is 61.8 Å². The summed E-state index contributed by atoms with van der Waals surface area (Å²) in [6, 6.07) is 55.3. The van der Waals surface area contributed by atoms with Gasteiger partial charge in [-0.1, -0.05) is 78.9 Å². The zero-order chi connectivity index (χ0) is 31.2. The SMILES string of the molecule is c1ccc(N(c2ccccc2)c2cc(-c3ccccn3)cc(-n3c4cnccc4c4c5ccccc5n(-c5ccccc5)c43)c2)cc1. The van der Waals surface area contributed by atoms with Gasteiger partial charge in [-0.3, -0.25) is 19.1 Å². The summed E-state index contributed by atoms with van der Waals surface area (Å²) in [6.07, 6.45) is 5.73. The summed E-state index contributed by atoms with van der Waals surface area (Å²) in [5.41, 5.74) is 10.5. The number of nitrogens with zero attached hydrogens (tertiary/aromatic N) is 5. The normalized spacial score (nSPS) is 11.4. The van der Waals surface area contributed by atoms with Gasteiger partial charge in [0.25, 0.3) is 0 Å². The standard InChI is InChI=1S/C42H29N5/c1-4-14-31(15-5-1)45(32-16-6-2-7-17-32)34-26-30(38-21-12-13-24-44-38)27-35(28-34)47-40-29-43-25-23-37(40)41-36-20-10-11-22-39(36)46(42(41)47)33-18-8-3-9-19-33/h1-29H. The molecule has 5 heteroatoms. The van der Waals surface area contributed by atoms with Crippen LogP contribution in [0.4, 0.5) is 17.1 Å². The summed E-state index contributed by atoms with van der Waals surface area (Å²) in [7, 11) is 0. The van der Waals surface area contributed by atoms with E-state index in [1.54, 1.807) is 0 Å². The highest BCUT2D eigenvalue weighted by Crippen LogP contribution is 2.43. The van der Waals surface area contributed by atoms with Gasteiger partial charge in [0.2, 0.25) is 0 Å². The Labute approximate surface area is 272 Å². The number of fused-ring (bicyclic) bond motifs is 5. The lowest BCUT2D eigenvalue weighted by atomic mass is 10.1. The van der Waals surface area contributed by atoms with E-state index in [-0.39, 0.29) is 0 Å². The Kier molecular flexibility index (Phi) is 6.39. The van der Waals surface area contributed by atoms with Gasteiger partial charge in [0.1, 0.15) is 5.65 Å². The number of anilines is 3. The van der Waals surface area contributed by atoms with Gasteiger partial charge in [-0.2, -0.15) is 0 Å². The van der Waals surface area contributed by atoms with Gasteiger partial charge < -0.3 is 4.90 Å². The topological polar surface area (TPSA) is 38.9 Å². The third-order valence-electron chi connectivity index (χ3n) is 8.79. The van der Waals surface area contributed by atoms with Crippen LogP contribution in [0.5, 0.6) is 0 Å².